The highest BCUT2D eigenvalue weighted by Crippen LogP contribution is 2.28. The average molecular weight is 406 g/mol. The molecule has 0 saturated carbocycles. The largest absolute Gasteiger partial charge is 0.391 e. The van der Waals surface area contributed by atoms with Gasteiger partial charge in [0.2, 0.25) is 0 Å². The second-order valence-corrected chi connectivity index (χ2v) is 7.89. The average Bonchev–Trinajstić information content (AvgIpc) is 2.70. The molecule has 1 heterocycles. The fraction of sp³-hybridized carbons (Fsp3) is 0.571. The number of nitrogens with one attached hydrogen (secondary N) is 1. The predicted molar refractivity (Wildman–Crippen MR) is 115 cm³/mol. The van der Waals surface area contributed by atoms with Crippen molar-refractivity contribution in [3.05, 3.63) is 34.7 Å². The summed E-state index contributed by atoms with van der Waals surface area (Å²) in [6.07, 6.45) is 0.989. The molecule has 1 aromatic carbocycles. The molecule has 1 fully saturated rings. The summed E-state index contributed by atoms with van der Waals surface area (Å²) in [6.45, 7) is 8.47. The van der Waals surface area contributed by atoms with Gasteiger partial charge in [-0.25, -0.2) is 0 Å². The quantitative estimate of drug-likeness (QED) is 0.429. The number of ether oxygens (including phenoxy) is 1. The molecule has 7 heteroatoms. The van der Waals surface area contributed by atoms with E-state index in [9.17, 15) is 15.5 Å². The molecule has 1 saturated heterocycles. The Bertz CT molecular complexity index is 681. The van der Waals surface area contributed by atoms with Crippen molar-refractivity contribution < 1.29 is 14.9 Å². The van der Waals surface area contributed by atoms with Crippen molar-refractivity contribution in [2.24, 2.45) is 0 Å². The summed E-state index contributed by atoms with van der Waals surface area (Å²) in [7, 11) is 0. The van der Waals surface area contributed by atoms with Crippen LogP contribution in [-0.4, -0.2) is 48.3 Å². The summed E-state index contributed by atoms with van der Waals surface area (Å²) in [5.74, 6) is 0. The third-order valence-electron chi connectivity index (χ3n) is 4.74. The summed E-state index contributed by atoms with van der Waals surface area (Å²) in [6, 6.07) is 10.1. The van der Waals surface area contributed by atoms with E-state index in [0.29, 0.717) is 11.3 Å². The van der Waals surface area contributed by atoms with Crippen LogP contribution < -0.4 is 9.62 Å². The maximum absolute atomic E-state index is 9.89. The van der Waals surface area contributed by atoms with Crippen LogP contribution in [0.25, 0.3) is 5.57 Å². The number of anilines is 1. The van der Waals surface area contributed by atoms with E-state index in [1.54, 1.807) is 0 Å². The van der Waals surface area contributed by atoms with Crippen molar-refractivity contribution >= 4 is 23.2 Å². The first-order chi connectivity index (χ1) is 13.5. The van der Waals surface area contributed by atoms with Gasteiger partial charge in [-0.2, -0.15) is 5.26 Å². The number of aliphatic hydroxyl groups is 2. The minimum Gasteiger partial charge on any atom is -0.391 e. The summed E-state index contributed by atoms with van der Waals surface area (Å²) in [5, 5.41) is 29.1. The highest BCUT2D eigenvalue weighted by atomic mass is 32.2. The maximum atomic E-state index is 9.89. The van der Waals surface area contributed by atoms with Gasteiger partial charge in [0, 0.05) is 18.8 Å². The van der Waals surface area contributed by atoms with Crippen molar-refractivity contribution in [1.82, 2.24) is 4.72 Å². The molecule has 0 aliphatic carbocycles. The third kappa shape index (κ3) is 6.23. The molecule has 6 nitrogen and oxygen atoms in total. The first-order valence-electron chi connectivity index (χ1n) is 9.86. The van der Waals surface area contributed by atoms with Gasteiger partial charge in [0.1, 0.15) is 11.0 Å². The highest BCUT2D eigenvalue weighted by Gasteiger charge is 2.29. The van der Waals surface area contributed by atoms with Gasteiger partial charge in [-0.05, 0) is 61.4 Å². The van der Waals surface area contributed by atoms with E-state index in [-0.39, 0.29) is 6.61 Å². The topological polar surface area (TPSA) is 88.8 Å². The van der Waals surface area contributed by atoms with Gasteiger partial charge in [-0.3, -0.25) is 4.72 Å². The molecule has 1 aliphatic heterocycles. The number of rotatable bonds is 9. The van der Waals surface area contributed by atoms with Crippen LogP contribution in [0.15, 0.2) is 29.2 Å². The number of aliphatic hydroxyl groups excluding tert-OH is 2. The predicted octanol–water partition coefficient (Wildman–Crippen LogP) is 3.27. The van der Waals surface area contributed by atoms with Gasteiger partial charge in [-0.1, -0.05) is 26.0 Å². The molecule has 2 rings (SSSR count). The molecule has 3 atom stereocenters. The van der Waals surface area contributed by atoms with E-state index < -0.39 is 18.4 Å². The first-order valence-corrected chi connectivity index (χ1v) is 10.7. The Hall–Kier alpha value is -1.56. The number of benzene rings is 1. The SMILES string of the molecule is CCCN(CCC)c1ccc(/C(C)=C(\C#N)SNC2CC(O)COC2O)cc1. The summed E-state index contributed by atoms with van der Waals surface area (Å²) >= 11 is 1.17. The Labute approximate surface area is 172 Å². The van der Waals surface area contributed by atoms with Crippen LogP contribution in [-0.2, 0) is 4.74 Å². The number of hydrogen-bond donors (Lipinski definition) is 3. The fourth-order valence-electron chi connectivity index (χ4n) is 3.19. The normalized spacial score (nSPS) is 23.1. The Balaban J connectivity index is 2.08. The van der Waals surface area contributed by atoms with Gasteiger partial charge in [-0.15, -0.1) is 0 Å². The second-order valence-electron chi connectivity index (χ2n) is 7.04. The van der Waals surface area contributed by atoms with Crippen LogP contribution in [0, 0.1) is 11.3 Å². The lowest BCUT2D eigenvalue weighted by Gasteiger charge is -2.31. The standard InChI is InChI=1S/C21H31N3O3S/c1-4-10-24(11-5-2)17-8-6-16(7-9-17)15(3)20(13-22)28-23-19-12-18(25)14-27-21(19)26/h6-9,18-19,21,23,25-26H,4-5,10-12,14H2,1-3H3/b20-15+. The molecule has 0 spiro atoms. The monoisotopic (exact) mass is 405 g/mol. The lowest BCUT2D eigenvalue weighted by Crippen LogP contribution is -2.46. The minimum atomic E-state index is -0.987. The molecule has 0 aromatic heterocycles. The Morgan fingerprint density at radius 3 is 2.46 bits per heavy atom. The lowest BCUT2D eigenvalue weighted by atomic mass is 10.1. The zero-order chi connectivity index (χ0) is 20.5. The molecule has 28 heavy (non-hydrogen) atoms. The zero-order valence-electron chi connectivity index (χ0n) is 16.9. The second kappa shape index (κ2) is 11.4. The smallest absolute Gasteiger partial charge is 0.171 e. The van der Waals surface area contributed by atoms with Crippen molar-refractivity contribution in [2.75, 3.05) is 24.6 Å². The molecule has 1 aliphatic rings. The van der Waals surface area contributed by atoms with Crippen molar-refractivity contribution in [3.8, 4) is 6.07 Å². The molecule has 1 aromatic rings. The van der Waals surface area contributed by atoms with Gasteiger partial charge < -0.3 is 19.8 Å². The maximum Gasteiger partial charge on any atom is 0.171 e. The summed E-state index contributed by atoms with van der Waals surface area (Å²) < 4.78 is 8.17. The van der Waals surface area contributed by atoms with E-state index in [1.807, 2.05) is 19.1 Å². The van der Waals surface area contributed by atoms with E-state index in [2.05, 4.69) is 41.7 Å². The summed E-state index contributed by atoms with van der Waals surface area (Å²) in [4.78, 5) is 2.90. The first kappa shape index (κ1) is 22.7. The van der Waals surface area contributed by atoms with Crippen LogP contribution in [0.3, 0.4) is 0 Å². The molecule has 3 N–H and O–H groups in total. The minimum absolute atomic E-state index is 0.128. The molecule has 0 bridgehead atoms. The van der Waals surface area contributed by atoms with Crippen LogP contribution >= 0.6 is 11.9 Å². The molecular formula is C21H31N3O3S. The Kier molecular flexibility index (Phi) is 9.29. The highest BCUT2D eigenvalue weighted by molar-refractivity contribution is 8.01. The number of allylic oxidation sites excluding steroid dienone is 2. The number of nitrogens with zero attached hydrogens (tertiary/aromatic N) is 2. The van der Waals surface area contributed by atoms with E-state index in [4.69, 9.17) is 4.74 Å². The Morgan fingerprint density at radius 2 is 1.89 bits per heavy atom. The number of nitriles is 1. The van der Waals surface area contributed by atoms with Crippen LogP contribution in [0.1, 0.15) is 45.6 Å². The van der Waals surface area contributed by atoms with Crippen LogP contribution in [0.4, 0.5) is 5.69 Å². The molecule has 154 valence electrons. The van der Waals surface area contributed by atoms with E-state index >= 15 is 0 Å². The molecular weight excluding hydrogens is 374 g/mol. The van der Waals surface area contributed by atoms with Crippen LogP contribution in [0.5, 0.6) is 0 Å². The molecule has 0 amide bonds. The third-order valence-corrected chi connectivity index (χ3v) is 5.76. The zero-order valence-corrected chi connectivity index (χ0v) is 17.7. The van der Waals surface area contributed by atoms with E-state index in [0.717, 1.165) is 37.1 Å². The van der Waals surface area contributed by atoms with Gasteiger partial charge in [0.15, 0.2) is 6.29 Å². The van der Waals surface area contributed by atoms with Gasteiger partial charge in [0.25, 0.3) is 0 Å². The van der Waals surface area contributed by atoms with Crippen LogP contribution in [0.2, 0.25) is 0 Å². The van der Waals surface area contributed by atoms with Crippen molar-refractivity contribution in [1.29, 1.82) is 5.26 Å². The van der Waals surface area contributed by atoms with Gasteiger partial charge in [0.05, 0.1) is 18.8 Å². The fourth-order valence-corrected chi connectivity index (χ4v) is 3.99. The Morgan fingerprint density at radius 1 is 1.25 bits per heavy atom. The van der Waals surface area contributed by atoms with Crippen molar-refractivity contribution in [3.63, 3.8) is 0 Å². The van der Waals surface area contributed by atoms with Crippen molar-refractivity contribution in [2.45, 2.75) is 58.5 Å². The molecule has 3 unspecified atom stereocenters. The van der Waals surface area contributed by atoms with Gasteiger partial charge >= 0.3 is 0 Å². The summed E-state index contributed by atoms with van der Waals surface area (Å²) in [5.41, 5.74) is 3.06. The molecule has 0 radical (unpaired) electrons. The lowest BCUT2D eigenvalue weighted by molar-refractivity contribution is -0.168. The number of hydrogen-bond acceptors (Lipinski definition) is 7. The van der Waals surface area contributed by atoms with E-state index in [1.165, 1.54) is 17.6 Å².